The number of allylic oxidation sites excluding steroid dienone is 2. The van der Waals surface area contributed by atoms with E-state index in [9.17, 15) is 24.3 Å². The third-order valence-corrected chi connectivity index (χ3v) is 13.4. The summed E-state index contributed by atoms with van der Waals surface area (Å²) in [4.78, 5) is 51.1. The standard InChI is InChI=1S/C51H82O14/c1-31-16-15-17-48(55)65-51(37(7)50(63-14)33(3)20-23-42(52)35(5)45(62-13)30-47(53)54)34(4)19-22-39(57-8)28-43(60-11)32(2)18-21-40(58-9)29-44(61-12)36(6)46-26-38(27-49(56)64-46)25-41(24-31)59-10/h15-19,21-22,27,32-37,39-41,43-46,50-51H,20,23-26,28-30H2,1-14H3,(H,53,54)/b17-15+,21-18+,22-19+,31-16+/t32?,33?,34?,35?,36?,37?,39?,40?,41?,43?,44?,45?,46-,50?,51?/m1/s1. The molecule has 65 heavy (non-hydrogen) atoms. The van der Waals surface area contributed by atoms with Crippen LogP contribution in [-0.2, 0) is 61.8 Å². The Bertz CT molecular complexity index is 1620. The monoisotopic (exact) mass is 919 g/mol. The summed E-state index contributed by atoms with van der Waals surface area (Å²) in [5.41, 5.74) is 1.91. The minimum Gasteiger partial charge on any atom is -0.481 e. The number of carboxylic acids is 1. The highest BCUT2D eigenvalue weighted by molar-refractivity contribution is 5.84. The number of rotatable bonds is 17. The number of carboxylic acid groups (broad SMARTS) is 1. The van der Waals surface area contributed by atoms with Crippen LogP contribution in [0.15, 0.2) is 59.8 Å². The van der Waals surface area contributed by atoms with E-state index in [4.69, 9.17) is 42.6 Å². The van der Waals surface area contributed by atoms with Crippen LogP contribution in [0.2, 0.25) is 0 Å². The molecular weight excluding hydrogens is 837 g/mol. The maximum Gasteiger partial charge on any atom is 0.331 e. The van der Waals surface area contributed by atoms with Crippen molar-refractivity contribution in [2.24, 2.45) is 35.5 Å². The van der Waals surface area contributed by atoms with Crippen LogP contribution < -0.4 is 0 Å². The van der Waals surface area contributed by atoms with Gasteiger partial charge in [0, 0.05) is 117 Å². The molecular formula is C51H82O14. The number of carbonyl (C=O) groups is 4. The van der Waals surface area contributed by atoms with Crippen molar-refractivity contribution in [1.82, 2.24) is 0 Å². The van der Waals surface area contributed by atoms with E-state index in [1.54, 1.807) is 61.7 Å². The number of Topliss-reactive ketones (excluding diaryl/α,β-unsaturated/α-hetero) is 1. The van der Waals surface area contributed by atoms with Gasteiger partial charge in [0.25, 0.3) is 0 Å². The number of hydrogen-bond donors (Lipinski definition) is 1. The van der Waals surface area contributed by atoms with E-state index in [2.05, 4.69) is 13.0 Å². The van der Waals surface area contributed by atoms with E-state index >= 15 is 0 Å². The molecule has 14 heteroatoms. The molecule has 0 saturated carbocycles. The van der Waals surface area contributed by atoms with Crippen LogP contribution in [-0.4, -0.2) is 134 Å². The fraction of sp³-hybridized carbons (Fsp3) is 0.725. The van der Waals surface area contributed by atoms with E-state index in [0.717, 1.165) is 11.1 Å². The molecule has 0 radical (unpaired) electrons. The van der Waals surface area contributed by atoms with Gasteiger partial charge < -0.3 is 47.7 Å². The lowest BCUT2D eigenvalue weighted by Crippen LogP contribution is -2.41. The smallest absolute Gasteiger partial charge is 0.331 e. The van der Waals surface area contributed by atoms with Crippen LogP contribution in [0.25, 0.3) is 0 Å². The average Bonchev–Trinajstić information content (AvgIpc) is 3.27. The van der Waals surface area contributed by atoms with Crippen molar-refractivity contribution in [3.8, 4) is 0 Å². The van der Waals surface area contributed by atoms with E-state index in [0.29, 0.717) is 38.5 Å². The van der Waals surface area contributed by atoms with Crippen molar-refractivity contribution in [3.63, 3.8) is 0 Å². The number of ketones is 1. The molecule has 0 saturated heterocycles. The molecule has 14 nitrogen and oxygen atoms in total. The van der Waals surface area contributed by atoms with E-state index in [1.807, 2.05) is 58.9 Å². The highest BCUT2D eigenvalue weighted by Crippen LogP contribution is 2.33. The Morgan fingerprint density at radius 3 is 1.92 bits per heavy atom. The quantitative estimate of drug-likeness (QED) is 0.110. The van der Waals surface area contributed by atoms with Crippen LogP contribution in [0.1, 0.15) is 99.8 Å². The molecule has 0 spiro atoms. The van der Waals surface area contributed by atoms with Crippen LogP contribution in [0.5, 0.6) is 0 Å². The van der Waals surface area contributed by atoms with Gasteiger partial charge in [-0.05, 0) is 32.1 Å². The fourth-order valence-electron chi connectivity index (χ4n) is 9.11. The van der Waals surface area contributed by atoms with Gasteiger partial charge in [0.2, 0.25) is 0 Å². The van der Waals surface area contributed by atoms with Gasteiger partial charge in [-0.2, -0.15) is 0 Å². The molecule has 0 fully saturated rings. The normalized spacial score (nSPS) is 32.8. The number of aliphatic carboxylic acids is 1. The zero-order valence-electron chi connectivity index (χ0n) is 41.7. The van der Waals surface area contributed by atoms with Crippen LogP contribution in [0.3, 0.4) is 0 Å². The molecule has 15 atom stereocenters. The van der Waals surface area contributed by atoms with Crippen LogP contribution in [0.4, 0.5) is 0 Å². The van der Waals surface area contributed by atoms with Crippen LogP contribution in [0, 0.1) is 35.5 Å². The molecule has 0 aromatic heterocycles. The van der Waals surface area contributed by atoms with Crippen molar-refractivity contribution < 1.29 is 66.9 Å². The third kappa shape index (κ3) is 19.3. The van der Waals surface area contributed by atoms with Gasteiger partial charge in [0.1, 0.15) is 18.0 Å². The topological polar surface area (TPSA) is 172 Å². The molecule has 0 amide bonds. The Kier molecular flexibility index (Phi) is 26.6. The molecule has 0 aliphatic carbocycles. The molecule has 2 heterocycles. The maximum atomic E-state index is 13.6. The summed E-state index contributed by atoms with van der Waals surface area (Å²) in [7, 11) is 11.3. The van der Waals surface area contributed by atoms with Crippen molar-refractivity contribution in [3.05, 3.63) is 59.8 Å². The number of fused-ring (bicyclic) bond motifs is 2. The van der Waals surface area contributed by atoms with Gasteiger partial charge in [-0.3, -0.25) is 9.59 Å². The predicted octanol–water partition coefficient (Wildman–Crippen LogP) is 8.07. The summed E-state index contributed by atoms with van der Waals surface area (Å²) >= 11 is 0. The first-order chi connectivity index (χ1) is 30.9. The van der Waals surface area contributed by atoms with Crippen LogP contribution >= 0.6 is 0 Å². The average molecular weight is 919 g/mol. The third-order valence-electron chi connectivity index (χ3n) is 13.4. The maximum absolute atomic E-state index is 13.6. The Morgan fingerprint density at radius 2 is 1.37 bits per heavy atom. The Hall–Kier alpha value is -3.50. The summed E-state index contributed by atoms with van der Waals surface area (Å²) in [5.74, 6) is -3.49. The number of methoxy groups -OCH3 is 7. The molecule has 0 aromatic rings. The summed E-state index contributed by atoms with van der Waals surface area (Å²) in [6.07, 6.45) is 14.3. The highest BCUT2D eigenvalue weighted by atomic mass is 16.6. The second-order valence-corrected chi connectivity index (χ2v) is 18.1. The Balaban J connectivity index is 2.52. The summed E-state index contributed by atoms with van der Waals surface area (Å²) in [6.45, 7) is 13.8. The minimum absolute atomic E-state index is 0.0200. The Labute approximate surface area is 389 Å². The summed E-state index contributed by atoms with van der Waals surface area (Å²) in [6, 6.07) is 0. The summed E-state index contributed by atoms with van der Waals surface area (Å²) < 4.78 is 53.3. The van der Waals surface area contributed by atoms with Crippen molar-refractivity contribution in [1.29, 1.82) is 0 Å². The van der Waals surface area contributed by atoms with Crippen molar-refractivity contribution >= 4 is 23.7 Å². The molecule has 2 aliphatic heterocycles. The molecule has 0 aromatic carbocycles. The van der Waals surface area contributed by atoms with E-state index in [-0.39, 0.29) is 90.8 Å². The van der Waals surface area contributed by atoms with Crippen molar-refractivity contribution in [2.75, 3.05) is 49.8 Å². The van der Waals surface area contributed by atoms with Gasteiger partial charge >= 0.3 is 17.9 Å². The van der Waals surface area contributed by atoms with E-state index in [1.165, 1.54) is 13.2 Å². The number of hydrogen-bond acceptors (Lipinski definition) is 13. The summed E-state index contributed by atoms with van der Waals surface area (Å²) in [5, 5.41) is 9.30. The highest BCUT2D eigenvalue weighted by Gasteiger charge is 2.37. The zero-order chi connectivity index (χ0) is 48.8. The number of cyclic esters (lactones) is 1. The molecule has 370 valence electrons. The number of ether oxygens (including phenoxy) is 9. The fourth-order valence-corrected chi connectivity index (χ4v) is 9.11. The lowest BCUT2D eigenvalue weighted by molar-refractivity contribution is -0.152. The first kappa shape index (κ1) is 57.6. The number of esters is 2. The second-order valence-electron chi connectivity index (χ2n) is 18.1. The van der Waals surface area contributed by atoms with Gasteiger partial charge in [-0.15, -0.1) is 0 Å². The molecule has 14 unspecified atom stereocenters. The molecule has 1 N–H and O–H groups in total. The zero-order valence-corrected chi connectivity index (χ0v) is 41.7. The van der Waals surface area contributed by atoms with Crippen molar-refractivity contribution in [2.45, 2.75) is 155 Å². The molecule has 2 bridgehead atoms. The SMILES string of the molecule is COC1/C=C/C(C)C(C(C)C(OC)C(C)CCC(=O)C(C)C(CC(=O)O)OC)OC(=O)/C=C/C=C(\C)CC(OC)CC2=CC(=O)O[C@H](C2)C(C)C(OC)CC(OC)/C=C/C(C)C(OC)C1. The molecule has 2 aliphatic rings. The Morgan fingerprint density at radius 1 is 0.754 bits per heavy atom. The molecule has 2 rings (SSSR count). The predicted molar refractivity (Wildman–Crippen MR) is 249 cm³/mol. The largest absolute Gasteiger partial charge is 0.481 e. The first-order valence-electron chi connectivity index (χ1n) is 23.1. The van der Waals surface area contributed by atoms with Gasteiger partial charge in [0.05, 0.1) is 49.1 Å². The van der Waals surface area contributed by atoms with Gasteiger partial charge in [-0.1, -0.05) is 89.1 Å². The lowest BCUT2D eigenvalue weighted by atomic mass is 9.81. The van der Waals surface area contributed by atoms with E-state index < -0.39 is 36.2 Å². The first-order valence-corrected chi connectivity index (χ1v) is 23.1. The van der Waals surface area contributed by atoms with Gasteiger partial charge in [-0.25, -0.2) is 9.59 Å². The lowest BCUT2D eigenvalue weighted by Gasteiger charge is -2.35. The minimum atomic E-state index is -1.03. The second kappa shape index (κ2) is 30.0. The number of carbonyl (C=O) groups excluding carboxylic acids is 3. The van der Waals surface area contributed by atoms with Gasteiger partial charge in [0.15, 0.2) is 0 Å².